The summed E-state index contributed by atoms with van der Waals surface area (Å²) in [7, 11) is 0. The second kappa shape index (κ2) is 7.96. The molecule has 0 bridgehead atoms. The van der Waals surface area contributed by atoms with Crippen molar-refractivity contribution in [1.82, 2.24) is 20.0 Å². The molecule has 0 saturated carbocycles. The molecule has 0 unspecified atom stereocenters. The second-order valence-corrected chi connectivity index (χ2v) is 6.24. The minimum absolute atomic E-state index is 0.0692. The number of carbonyl (C=O) groups is 2. The number of hydrogen-bond acceptors (Lipinski definition) is 3. The van der Waals surface area contributed by atoms with Crippen LogP contribution >= 0.6 is 0 Å². The van der Waals surface area contributed by atoms with E-state index in [4.69, 9.17) is 0 Å². The molecule has 1 atom stereocenters. The molecule has 0 radical (unpaired) electrons. The molecule has 3 rings (SSSR count). The molecule has 6 nitrogen and oxygen atoms in total. The largest absolute Gasteiger partial charge is 0.354 e. The number of amides is 2. The molecule has 1 aromatic carbocycles. The first-order valence-corrected chi connectivity index (χ1v) is 8.86. The van der Waals surface area contributed by atoms with Gasteiger partial charge in [0.25, 0.3) is 0 Å². The highest BCUT2D eigenvalue weighted by molar-refractivity contribution is 5.88. The van der Waals surface area contributed by atoms with Crippen molar-refractivity contribution in [2.45, 2.75) is 38.6 Å². The maximum atomic E-state index is 12.4. The highest BCUT2D eigenvalue weighted by Gasteiger charge is 2.31. The monoisotopic (exact) mass is 340 g/mol. The average molecular weight is 340 g/mol. The molecular formula is C19H24N4O2. The van der Waals surface area contributed by atoms with E-state index in [1.165, 1.54) is 0 Å². The lowest BCUT2D eigenvalue weighted by Gasteiger charge is -2.25. The van der Waals surface area contributed by atoms with Gasteiger partial charge in [-0.1, -0.05) is 25.1 Å². The van der Waals surface area contributed by atoms with Crippen molar-refractivity contribution in [2.24, 2.45) is 0 Å². The van der Waals surface area contributed by atoms with Gasteiger partial charge in [-0.25, -0.2) is 4.68 Å². The number of hydrogen-bond donors (Lipinski definition) is 1. The fourth-order valence-electron chi connectivity index (χ4n) is 3.20. The van der Waals surface area contributed by atoms with Crippen molar-refractivity contribution in [3.8, 4) is 5.69 Å². The number of para-hydroxylation sites is 1. The van der Waals surface area contributed by atoms with Crippen molar-refractivity contribution in [1.29, 1.82) is 0 Å². The van der Waals surface area contributed by atoms with Crippen molar-refractivity contribution in [3.05, 3.63) is 48.3 Å². The summed E-state index contributed by atoms with van der Waals surface area (Å²) < 4.78 is 1.83. The SMILES string of the molecule is CC[C@H](C(=O)NCCc1ccn(-c2ccccc2)n1)N1CCCC1=O. The van der Waals surface area contributed by atoms with Gasteiger partial charge in [-0.2, -0.15) is 5.10 Å². The molecule has 1 saturated heterocycles. The van der Waals surface area contributed by atoms with Crippen LogP contribution < -0.4 is 5.32 Å². The van der Waals surface area contributed by atoms with Gasteiger partial charge in [0.2, 0.25) is 11.8 Å². The van der Waals surface area contributed by atoms with Crippen LogP contribution in [-0.2, 0) is 16.0 Å². The molecular weight excluding hydrogens is 316 g/mol. The summed E-state index contributed by atoms with van der Waals surface area (Å²) >= 11 is 0. The smallest absolute Gasteiger partial charge is 0.242 e. The molecule has 6 heteroatoms. The van der Waals surface area contributed by atoms with Gasteiger partial charge in [-0.05, 0) is 31.0 Å². The van der Waals surface area contributed by atoms with Gasteiger partial charge in [0.05, 0.1) is 11.4 Å². The predicted octanol–water partition coefficient (Wildman–Crippen LogP) is 1.93. The van der Waals surface area contributed by atoms with Crippen molar-refractivity contribution in [2.75, 3.05) is 13.1 Å². The van der Waals surface area contributed by atoms with Crippen LogP contribution in [0.3, 0.4) is 0 Å². The number of nitrogens with one attached hydrogen (secondary N) is 1. The minimum atomic E-state index is -0.350. The van der Waals surface area contributed by atoms with Crippen LogP contribution in [0.5, 0.6) is 0 Å². The third-order valence-electron chi connectivity index (χ3n) is 4.52. The van der Waals surface area contributed by atoms with Crippen molar-refractivity contribution in [3.63, 3.8) is 0 Å². The Hall–Kier alpha value is -2.63. The van der Waals surface area contributed by atoms with Gasteiger partial charge in [0.1, 0.15) is 6.04 Å². The third-order valence-corrected chi connectivity index (χ3v) is 4.52. The quantitative estimate of drug-likeness (QED) is 0.837. The number of carbonyl (C=O) groups excluding carboxylic acids is 2. The zero-order chi connectivity index (χ0) is 17.6. The number of benzene rings is 1. The molecule has 1 fully saturated rings. The summed E-state index contributed by atoms with van der Waals surface area (Å²) in [6.07, 6.45) is 4.63. The van der Waals surface area contributed by atoms with E-state index in [2.05, 4.69) is 10.4 Å². The van der Waals surface area contributed by atoms with Crippen LogP contribution in [0.2, 0.25) is 0 Å². The van der Waals surface area contributed by atoms with E-state index in [1.54, 1.807) is 4.90 Å². The van der Waals surface area contributed by atoms with Crippen LogP contribution in [0.15, 0.2) is 42.6 Å². The highest BCUT2D eigenvalue weighted by Crippen LogP contribution is 2.16. The van der Waals surface area contributed by atoms with Crippen LogP contribution in [-0.4, -0.2) is 45.6 Å². The summed E-state index contributed by atoms with van der Waals surface area (Å²) in [4.78, 5) is 25.9. The fourth-order valence-corrected chi connectivity index (χ4v) is 3.20. The predicted molar refractivity (Wildman–Crippen MR) is 95.3 cm³/mol. The molecule has 2 heterocycles. The Balaban J connectivity index is 1.51. The maximum absolute atomic E-state index is 12.4. The van der Waals surface area contributed by atoms with Crippen molar-refractivity contribution < 1.29 is 9.59 Å². The first-order valence-electron chi connectivity index (χ1n) is 8.86. The molecule has 0 aliphatic carbocycles. The topological polar surface area (TPSA) is 67.2 Å². The van der Waals surface area contributed by atoms with E-state index in [-0.39, 0.29) is 17.9 Å². The summed E-state index contributed by atoms with van der Waals surface area (Å²) in [6, 6.07) is 11.5. The minimum Gasteiger partial charge on any atom is -0.354 e. The Morgan fingerprint density at radius 3 is 2.76 bits per heavy atom. The van der Waals surface area contributed by atoms with E-state index in [0.29, 0.717) is 32.4 Å². The maximum Gasteiger partial charge on any atom is 0.242 e. The zero-order valence-electron chi connectivity index (χ0n) is 14.5. The Kier molecular flexibility index (Phi) is 5.48. The van der Waals surface area contributed by atoms with Gasteiger partial charge < -0.3 is 10.2 Å². The Morgan fingerprint density at radius 2 is 2.08 bits per heavy atom. The van der Waals surface area contributed by atoms with E-state index >= 15 is 0 Å². The molecule has 1 aliphatic rings. The Labute approximate surface area is 147 Å². The molecule has 0 spiro atoms. The van der Waals surface area contributed by atoms with Gasteiger partial charge in [0.15, 0.2) is 0 Å². The lowest BCUT2D eigenvalue weighted by atomic mass is 10.2. The molecule has 1 aromatic heterocycles. The number of likely N-dealkylation sites (tertiary alicyclic amines) is 1. The summed E-state index contributed by atoms with van der Waals surface area (Å²) in [6.45, 7) is 3.15. The first-order chi connectivity index (χ1) is 12.2. The van der Waals surface area contributed by atoms with E-state index in [1.807, 2.05) is 54.2 Å². The standard InChI is InChI=1S/C19H24N4O2/c1-2-17(22-13-6-9-18(22)24)19(25)20-12-10-15-11-14-23(21-15)16-7-4-3-5-8-16/h3-5,7-8,11,14,17H,2,6,9-10,12-13H2,1H3,(H,20,25)/t17-/m1/s1. The lowest BCUT2D eigenvalue weighted by molar-refractivity contribution is -0.137. The zero-order valence-corrected chi connectivity index (χ0v) is 14.5. The molecule has 2 aromatic rings. The molecule has 25 heavy (non-hydrogen) atoms. The number of aromatic nitrogens is 2. The van der Waals surface area contributed by atoms with Gasteiger partial charge in [0, 0.05) is 32.1 Å². The van der Waals surface area contributed by atoms with E-state index in [9.17, 15) is 9.59 Å². The second-order valence-electron chi connectivity index (χ2n) is 6.24. The third kappa shape index (κ3) is 4.07. The Bertz CT molecular complexity index is 726. The highest BCUT2D eigenvalue weighted by atomic mass is 16.2. The Morgan fingerprint density at radius 1 is 1.28 bits per heavy atom. The van der Waals surface area contributed by atoms with Gasteiger partial charge >= 0.3 is 0 Å². The first kappa shape index (κ1) is 17.2. The molecule has 132 valence electrons. The van der Waals surface area contributed by atoms with E-state index in [0.717, 1.165) is 17.8 Å². The summed E-state index contributed by atoms with van der Waals surface area (Å²) in [5.74, 6) is 0.0175. The fraction of sp³-hybridized carbons (Fsp3) is 0.421. The average Bonchev–Trinajstić information content (AvgIpc) is 3.26. The lowest BCUT2D eigenvalue weighted by Crippen LogP contribution is -2.47. The number of rotatable bonds is 7. The summed E-state index contributed by atoms with van der Waals surface area (Å²) in [5.41, 5.74) is 1.94. The molecule has 1 N–H and O–H groups in total. The van der Waals surface area contributed by atoms with Crippen LogP contribution in [0.1, 0.15) is 31.9 Å². The van der Waals surface area contributed by atoms with Crippen LogP contribution in [0, 0.1) is 0 Å². The van der Waals surface area contributed by atoms with Gasteiger partial charge in [-0.3, -0.25) is 9.59 Å². The number of nitrogens with zero attached hydrogens (tertiary/aromatic N) is 3. The van der Waals surface area contributed by atoms with Gasteiger partial charge in [-0.15, -0.1) is 0 Å². The van der Waals surface area contributed by atoms with Crippen LogP contribution in [0.4, 0.5) is 0 Å². The summed E-state index contributed by atoms with van der Waals surface area (Å²) in [5, 5.41) is 7.48. The van der Waals surface area contributed by atoms with E-state index < -0.39 is 0 Å². The van der Waals surface area contributed by atoms with Crippen molar-refractivity contribution >= 4 is 11.8 Å². The normalized spacial score (nSPS) is 15.4. The molecule has 2 amide bonds. The molecule has 1 aliphatic heterocycles. The van der Waals surface area contributed by atoms with Crippen LogP contribution in [0.25, 0.3) is 5.69 Å².